The Labute approximate surface area is 178 Å². The molecule has 1 heterocycles. The Morgan fingerprint density at radius 3 is 2.25 bits per heavy atom. The summed E-state index contributed by atoms with van der Waals surface area (Å²) in [6.45, 7) is 5.04. The summed E-state index contributed by atoms with van der Waals surface area (Å²) in [7, 11) is 0. The summed E-state index contributed by atoms with van der Waals surface area (Å²) < 4.78 is 0. The summed E-state index contributed by atoms with van der Waals surface area (Å²) in [5, 5.41) is 12.7. The van der Waals surface area contributed by atoms with Crippen molar-refractivity contribution in [1.82, 2.24) is 4.90 Å². The van der Waals surface area contributed by atoms with Gasteiger partial charge in [0.25, 0.3) is 0 Å². The second-order valence-electron chi connectivity index (χ2n) is 5.10. The van der Waals surface area contributed by atoms with E-state index in [-0.39, 0.29) is 37.7 Å². The molecule has 0 amide bonds. The van der Waals surface area contributed by atoms with Gasteiger partial charge in [-0.1, -0.05) is 48.2 Å². The molecule has 6 heteroatoms. The van der Waals surface area contributed by atoms with Gasteiger partial charge in [0.2, 0.25) is 0 Å². The van der Waals surface area contributed by atoms with Crippen LogP contribution >= 0.6 is 11.8 Å². The van der Waals surface area contributed by atoms with Gasteiger partial charge in [0.15, 0.2) is 0 Å². The number of piperazine rings is 1. The molecule has 0 spiro atoms. The summed E-state index contributed by atoms with van der Waals surface area (Å²) in [4.78, 5) is 5.52. The van der Waals surface area contributed by atoms with Crippen molar-refractivity contribution in [2.24, 2.45) is 0 Å². The predicted octanol–water partition coefficient (Wildman–Crippen LogP) is 3.41. The molecule has 2 aromatic rings. The largest absolute Gasteiger partial charge is 2.00 e. The Hall–Kier alpha value is -0.0581. The van der Waals surface area contributed by atoms with E-state index in [0.29, 0.717) is 0 Å². The molecule has 1 aliphatic heterocycles. The Morgan fingerprint density at radius 2 is 1.62 bits per heavy atom. The zero-order valence-corrected chi connectivity index (χ0v) is 19.4. The third-order valence-corrected chi connectivity index (χ3v) is 4.95. The van der Waals surface area contributed by atoms with Crippen LogP contribution in [0.3, 0.4) is 0 Å². The molecule has 0 aromatic heterocycles. The van der Waals surface area contributed by atoms with Crippen LogP contribution in [0.25, 0.3) is 5.32 Å². The number of β-amino-alcohol motifs (C(OH)–C–C–N with tert-alkyl or cyclic N) is 1. The Balaban J connectivity index is 0.000000252. The zero-order valence-electron chi connectivity index (χ0n) is 13.6. The predicted molar refractivity (Wildman–Crippen MR) is 99.3 cm³/mol. The fourth-order valence-corrected chi connectivity index (χ4v) is 3.30. The van der Waals surface area contributed by atoms with Crippen LogP contribution in [0, 0.1) is 31.1 Å². The average molecular weight is 585 g/mol. The fraction of sp³-hybridized carbons (Fsp3) is 0.333. The van der Waals surface area contributed by atoms with E-state index in [1.54, 1.807) is 11.8 Å². The van der Waals surface area contributed by atoms with Crippen LogP contribution in [0.1, 0.15) is 0 Å². The van der Waals surface area contributed by atoms with Crippen molar-refractivity contribution >= 4 is 24.4 Å². The maximum Gasteiger partial charge on any atom is 2.00 e. The van der Waals surface area contributed by atoms with Crippen LogP contribution < -0.4 is 0 Å². The van der Waals surface area contributed by atoms with E-state index < -0.39 is 0 Å². The number of hydrogen-bond acceptors (Lipinski definition) is 4. The molecule has 3 nitrogen and oxygen atoms in total. The van der Waals surface area contributed by atoms with Crippen LogP contribution in [0.2, 0.25) is 0 Å². The first-order valence-corrected chi connectivity index (χ1v) is 8.97. The van der Waals surface area contributed by atoms with E-state index in [4.69, 9.17) is 17.7 Å². The second-order valence-corrected chi connectivity index (χ2v) is 6.65. The van der Waals surface area contributed by atoms with E-state index >= 15 is 0 Å². The van der Waals surface area contributed by atoms with Gasteiger partial charge >= 0.3 is 31.1 Å². The van der Waals surface area contributed by atoms with Crippen LogP contribution in [-0.4, -0.2) is 49.3 Å². The van der Waals surface area contributed by atoms with Gasteiger partial charge in [-0.3, -0.25) is 0 Å². The minimum atomic E-state index is 0. The van der Waals surface area contributed by atoms with Crippen molar-refractivity contribution in [2.45, 2.75) is 14.7 Å². The van der Waals surface area contributed by atoms with Crippen molar-refractivity contribution in [1.29, 1.82) is 0 Å². The number of aliphatic hydroxyl groups is 1. The van der Waals surface area contributed by atoms with E-state index in [0.717, 1.165) is 42.5 Å². The number of benzene rings is 2. The summed E-state index contributed by atoms with van der Waals surface area (Å²) >= 11 is 6.94. The first-order valence-electron chi connectivity index (χ1n) is 7.75. The molecule has 2 aromatic carbocycles. The molecular weight excluding hydrogens is 562 g/mol. The maximum atomic E-state index is 8.55. The van der Waals surface area contributed by atoms with Gasteiger partial charge in [0.05, 0.1) is 6.61 Å². The minimum Gasteiger partial charge on any atom is -0.779 e. The molecular formula is C18H22N2OS2U. The molecule has 0 atom stereocenters. The van der Waals surface area contributed by atoms with Gasteiger partial charge in [0.1, 0.15) is 0 Å². The molecule has 1 fully saturated rings. The van der Waals surface area contributed by atoms with Crippen molar-refractivity contribution in [3.63, 3.8) is 0 Å². The maximum absolute atomic E-state index is 8.55. The van der Waals surface area contributed by atoms with Crippen LogP contribution in [0.5, 0.6) is 0 Å². The standard InChI is InChI=1S/C12H10S2.C6H13N2O.U/c13-11-8-4-5-9-12(11)14-10-6-2-1-3-7-10;9-6-5-8-3-1-7-2-4-8;/h1-9,13H;9H,1-6H2;/q;-1;+2/p-1. The van der Waals surface area contributed by atoms with E-state index in [2.05, 4.69) is 28.4 Å². The zero-order chi connectivity index (χ0) is 16.3. The normalized spacial score (nSPS) is 14.2. The summed E-state index contributed by atoms with van der Waals surface area (Å²) in [6, 6.07) is 18.3. The van der Waals surface area contributed by atoms with Crippen LogP contribution in [0.15, 0.2) is 69.3 Å². The molecule has 1 saturated heterocycles. The minimum absolute atomic E-state index is 0. The summed E-state index contributed by atoms with van der Waals surface area (Å²) in [5.74, 6) is 0. The van der Waals surface area contributed by atoms with Crippen molar-refractivity contribution in [3.05, 3.63) is 59.9 Å². The quantitative estimate of drug-likeness (QED) is 0.560. The Morgan fingerprint density at radius 1 is 1.00 bits per heavy atom. The van der Waals surface area contributed by atoms with Crippen LogP contribution in [0.4, 0.5) is 0 Å². The monoisotopic (exact) mass is 584 g/mol. The van der Waals surface area contributed by atoms with E-state index in [1.165, 1.54) is 4.90 Å². The summed E-state index contributed by atoms with van der Waals surface area (Å²) in [5.41, 5.74) is 0. The molecule has 24 heavy (non-hydrogen) atoms. The van der Waals surface area contributed by atoms with E-state index in [9.17, 15) is 0 Å². The Kier molecular flexibility index (Phi) is 12.1. The molecule has 0 aliphatic carbocycles. The van der Waals surface area contributed by atoms with Crippen molar-refractivity contribution < 1.29 is 36.2 Å². The number of rotatable bonds is 4. The second kappa shape index (κ2) is 13.2. The van der Waals surface area contributed by atoms with Gasteiger partial charge in [0, 0.05) is 11.4 Å². The molecule has 0 unspecified atom stereocenters. The van der Waals surface area contributed by atoms with E-state index in [1.807, 2.05) is 36.4 Å². The van der Waals surface area contributed by atoms with Gasteiger partial charge < -0.3 is 28.0 Å². The average Bonchev–Trinajstić information content (AvgIpc) is 2.60. The smallest absolute Gasteiger partial charge is 0.779 e. The third-order valence-electron chi connectivity index (χ3n) is 3.39. The van der Waals surface area contributed by atoms with Crippen LogP contribution in [-0.2, 0) is 12.6 Å². The number of aliphatic hydroxyl groups excluding tert-OH is 1. The molecule has 3 rings (SSSR count). The molecule has 1 aliphatic rings. The molecule has 0 saturated carbocycles. The van der Waals surface area contributed by atoms with Gasteiger partial charge in [-0.15, -0.1) is 13.1 Å². The first-order chi connectivity index (χ1) is 11.3. The molecule has 126 valence electrons. The van der Waals surface area contributed by atoms with Gasteiger partial charge in [-0.25, -0.2) is 0 Å². The Bertz CT molecular complexity index is 563. The molecule has 0 radical (unpaired) electrons. The molecule has 0 bridgehead atoms. The van der Waals surface area contributed by atoms with Crippen molar-refractivity contribution in [3.8, 4) is 0 Å². The molecule has 1 N–H and O–H groups in total. The fourth-order valence-electron chi connectivity index (χ4n) is 2.16. The number of hydrogen-bond donors (Lipinski definition) is 1. The first kappa shape index (κ1) is 22.0. The van der Waals surface area contributed by atoms with Gasteiger partial charge in [-0.05, 0) is 36.2 Å². The summed E-state index contributed by atoms with van der Waals surface area (Å²) in [6.07, 6.45) is 0. The number of nitrogens with zero attached hydrogens (tertiary/aromatic N) is 2. The SMILES string of the molecule is OCCN1CC[N-]CC1.[S-]c1ccccc1Sc1ccccc1.[U+2]. The van der Waals surface area contributed by atoms with Gasteiger partial charge in [-0.2, -0.15) is 4.90 Å². The van der Waals surface area contributed by atoms with Crippen molar-refractivity contribution in [2.75, 3.05) is 39.3 Å². The topological polar surface area (TPSA) is 37.6 Å². The third kappa shape index (κ3) is 8.35.